The highest BCUT2D eigenvalue weighted by Crippen LogP contribution is 2.29. The molecule has 0 fully saturated rings. The molecule has 0 spiro atoms. The van der Waals surface area contributed by atoms with Gasteiger partial charge in [-0.15, -0.1) is 0 Å². The summed E-state index contributed by atoms with van der Waals surface area (Å²) in [7, 11) is -2.57. The molecule has 0 aliphatic heterocycles. The number of hydrogen-bond donors (Lipinski definition) is 1. The largest absolute Gasteiger partial charge is 0.495 e. The molecule has 6 nitrogen and oxygen atoms in total. The highest BCUT2D eigenvalue weighted by molar-refractivity contribution is 7.89. The monoisotopic (exact) mass is 472 g/mol. The summed E-state index contributed by atoms with van der Waals surface area (Å²) in [6, 6.07) is 19.0. The number of hydrogen-bond acceptors (Lipinski definition) is 4. The van der Waals surface area contributed by atoms with Crippen molar-refractivity contribution in [2.24, 2.45) is 0 Å². The fraction of sp³-hybridized carbons (Fsp3) is 0.208. The number of nitrogens with one attached hydrogen (secondary N) is 1. The number of nitrogens with zero attached hydrogens (tertiary/aromatic N) is 1. The van der Waals surface area contributed by atoms with Crippen LogP contribution in [0.1, 0.15) is 16.7 Å². The van der Waals surface area contributed by atoms with Gasteiger partial charge in [0.15, 0.2) is 0 Å². The highest BCUT2D eigenvalue weighted by Gasteiger charge is 2.28. The molecule has 0 saturated heterocycles. The molecule has 168 valence electrons. The summed E-state index contributed by atoms with van der Waals surface area (Å²) in [6.07, 6.45) is 0. The van der Waals surface area contributed by atoms with Gasteiger partial charge in [0.2, 0.25) is 15.9 Å². The van der Waals surface area contributed by atoms with Crippen molar-refractivity contribution >= 4 is 33.2 Å². The van der Waals surface area contributed by atoms with E-state index in [0.29, 0.717) is 11.4 Å². The first-order valence-corrected chi connectivity index (χ1v) is 11.8. The van der Waals surface area contributed by atoms with Crippen LogP contribution in [0, 0.1) is 13.8 Å². The Balaban J connectivity index is 1.92. The van der Waals surface area contributed by atoms with Gasteiger partial charge in [0, 0.05) is 12.2 Å². The zero-order chi connectivity index (χ0) is 23.3. The molecule has 0 aliphatic carbocycles. The van der Waals surface area contributed by atoms with Crippen LogP contribution in [0.3, 0.4) is 0 Å². The van der Waals surface area contributed by atoms with Crippen LogP contribution < -0.4 is 10.1 Å². The number of ether oxygens (including phenoxy) is 1. The first kappa shape index (κ1) is 23.8. The topological polar surface area (TPSA) is 75.7 Å². The predicted molar refractivity (Wildman–Crippen MR) is 127 cm³/mol. The fourth-order valence-corrected chi connectivity index (χ4v) is 5.05. The Morgan fingerprint density at radius 3 is 2.25 bits per heavy atom. The van der Waals surface area contributed by atoms with E-state index >= 15 is 0 Å². The van der Waals surface area contributed by atoms with Gasteiger partial charge in [-0.25, -0.2) is 8.42 Å². The Labute approximate surface area is 193 Å². The first-order valence-electron chi connectivity index (χ1n) is 9.96. The van der Waals surface area contributed by atoms with E-state index < -0.39 is 15.9 Å². The van der Waals surface area contributed by atoms with Crippen LogP contribution in [0.25, 0.3) is 0 Å². The lowest BCUT2D eigenvalue weighted by Crippen LogP contribution is -2.37. The van der Waals surface area contributed by atoms with Gasteiger partial charge >= 0.3 is 0 Å². The molecule has 0 radical (unpaired) electrons. The number of methoxy groups -OCH3 is 1. The standard InChI is InChI=1S/C24H25ClN2O4S/c1-17-8-7-9-18(2)24(17)26-23(28)16-27(15-19-10-5-4-6-11-19)32(29,30)20-12-13-22(31-3)21(25)14-20/h4-14H,15-16H2,1-3H3,(H,26,28). The third kappa shape index (κ3) is 5.48. The Bertz CT molecular complexity index is 1190. The fourth-order valence-electron chi connectivity index (χ4n) is 3.32. The molecule has 8 heteroatoms. The minimum atomic E-state index is -4.02. The van der Waals surface area contributed by atoms with E-state index in [-0.39, 0.29) is 23.0 Å². The molecule has 3 aromatic carbocycles. The van der Waals surface area contributed by atoms with Crippen LogP contribution in [0.5, 0.6) is 5.75 Å². The number of anilines is 1. The van der Waals surface area contributed by atoms with Crippen molar-refractivity contribution < 1.29 is 17.9 Å². The van der Waals surface area contributed by atoms with Crippen molar-refractivity contribution in [1.29, 1.82) is 0 Å². The summed E-state index contributed by atoms with van der Waals surface area (Å²) >= 11 is 6.16. The molecular weight excluding hydrogens is 448 g/mol. The summed E-state index contributed by atoms with van der Waals surface area (Å²) in [5, 5.41) is 3.03. The third-order valence-electron chi connectivity index (χ3n) is 5.03. The van der Waals surface area contributed by atoms with Crippen molar-refractivity contribution in [3.63, 3.8) is 0 Å². The minimum Gasteiger partial charge on any atom is -0.495 e. The predicted octanol–water partition coefficient (Wildman–Crippen LogP) is 4.80. The number of aryl methyl sites for hydroxylation is 2. The van der Waals surface area contributed by atoms with Crippen molar-refractivity contribution in [3.8, 4) is 5.75 Å². The summed E-state index contributed by atoms with van der Waals surface area (Å²) in [5.74, 6) is -0.0606. The molecule has 0 saturated carbocycles. The Kier molecular flexibility index (Phi) is 7.56. The summed E-state index contributed by atoms with van der Waals surface area (Å²) in [6.45, 7) is 3.46. The van der Waals surface area contributed by atoms with Gasteiger partial charge in [0.25, 0.3) is 0 Å². The molecule has 0 heterocycles. The van der Waals surface area contributed by atoms with Crippen LogP contribution in [0.4, 0.5) is 5.69 Å². The third-order valence-corrected chi connectivity index (χ3v) is 7.11. The van der Waals surface area contributed by atoms with Gasteiger partial charge in [-0.2, -0.15) is 4.31 Å². The summed E-state index contributed by atoms with van der Waals surface area (Å²) < 4.78 is 33.2. The van der Waals surface area contributed by atoms with Gasteiger partial charge < -0.3 is 10.1 Å². The second kappa shape index (κ2) is 10.2. The van der Waals surface area contributed by atoms with Crippen molar-refractivity contribution in [2.45, 2.75) is 25.3 Å². The summed E-state index contributed by atoms with van der Waals surface area (Å²) in [4.78, 5) is 12.9. The van der Waals surface area contributed by atoms with E-state index in [2.05, 4.69) is 5.32 Å². The van der Waals surface area contributed by atoms with E-state index in [1.807, 2.05) is 62.4 Å². The molecule has 0 atom stereocenters. The molecule has 3 rings (SSSR count). The first-order chi connectivity index (χ1) is 15.2. The average Bonchev–Trinajstić information content (AvgIpc) is 2.76. The van der Waals surface area contributed by atoms with E-state index in [0.717, 1.165) is 21.0 Å². The highest BCUT2D eigenvalue weighted by atomic mass is 35.5. The average molecular weight is 473 g/mol. The van der Waals surface area contributed by atoms with Crippen molar-refractivity contribution in [3.05, 3.63) is 88.4 Å². The van der Waals surface area contributed by atoms with Crippen molar-refractivity contribution in [2.75, 3.05) is 19.0 Å². The quantitative estimate of drug-likeness (QED) is 0.511. The van der Waals surface area contributed by atoms with E-state index in [1.54, 1.807) is 0 Å². The van der Waals surface area contributed by atoms with Crippen LogP contribution >= 0.6 is 11.6 Å². The van der Waals surface area contributed by atoms with Gasteiger partial charge in [0.05, 0.1) is 23.6 Å². The molecule has 0 aliphatic rings. The molecule has 1 N–H and O–H groups in total. The molecular formula is C24H25ClN2O4S. The number of sulfonamides is 1. The molecule has 0 aromatic heterocycles. The van der Waals surface area contributed by atoms with E-state index in [4.69, 9.17) is 16.3 Å². The smallest absolute Gasteiger partial charge is 0.243 e. The van der Waals surface area contributed by atoms with Crippen LogP contribution in [0.2, 0.25) is 5.02 Å². The Hall–Kier alpha value is -2.87. The second-order valence-corrected chi connectivity index (χ2v) is 9.72. The molecule has 0 unspecified atom stereocenters. The van der Waals surface area contributed by atoms with E-state index in [9.17, 15) is 13.2 Å². The number of carbonyl (C=O) groups is 1. The van der Waals surface area contributed by atoms with Crippen LogP contribution in [-0.2, 0) is 21.4 Å². The summed E-state index contributed by atoms with van der Waals surface area (Å²) in [5.41, 5.74) is 3.24. The maximum Gasteiger partial charge on any atom is 0.243 e. The number of carbonyl (C=O) groups excluding carboxylic acids is 1. The molecule has 0 bridgehead atoms. The zero-order valence-corrected chi connectivity index (χ0v) is 19.7. The lowest BCUT2D eigenvalue weighted by molar-refractivity contribution is -0.116. The Morgan fingerprint density at radius 1 is 1.00 bits per heavy atom. The maximum absolute atomic E-state index is 13.5. The number of benzene rings is 3. The van der Waals surface area contributed by atoms with Crippen LogP contribution in [-0.4, -0.2) is 32.3 Å². The second-order valence-electron chi connectivity index (χ2n) is 7.37. The number of halogens is 1. The number of amides is 1. The minimum absolute atomic E-state index is 0.0147. The van der Waals surface area contributed by atoms with Gasteiger partial charge in [-0.1, -0.05) is 60.1 Å². The van der Waals surface area contributed by atoms with Gasteiger partial charge in [-0.05, 0) is 48.7 Å². The van der Waals surface area contributed by atoms with Gasteiger partial charge in [0.1, 0.15) is 5.75 Å². The maximum atomic E-state index is 13.5. The van der Waals surface area contributed by atoms with Crippen LogP contribution in [0.15, 0.2) is 71.6 Å². The van der Waals surface area contributed by atoms with E-state index in [1.165, 1.54) is 25.3 Å². The number of rotatable bonds is 8. The SMILES string of the molecule is COc1ccc(S(=O)(=O)N(CC(=O)Nc2c(C)cccc2C)Cc2ccccc2)cc1Cl. The Morgan fingerprint density at radius 2 is 1.66 bits per heavy atom. The van der Waals surface area contributed by atoms with Crippen molar-refractivity contribution in [1.82, 2.24) is 4.31 Å². The molecule has 32 heavy (non-hydrogen) atoms. The number of para-hydroxylation sites is 1. The molecule has 3 aromatic rings. The zero-order valence-electron chi connectivity index (χ0n) is 18.1. The normalized spacial score (nSPS) is 11.4. The lowest BCUT2D eigenvalue weighted by atomic mass is 10.1. The van der Waals surface area contributed by atoms with Gasteiger partial charge in [-0.3, -0.25) is 4.79 Å². The lowest BCUT2D eigenvalue weighted by Gasteiger charge is -2.23. The molecule has 1 amide bonds.